The van der Waals surface area contributed by atoms with Gasteiger partial charge in [0.25, 0.3) is 0 Å². The van der Waals surface area contributed by atoms with Gasteiger partial charge in [-0.25, -0.2) is 0 Å². The lowest BCUT2D eigenvalue weighted by Gasteiger charge is -2.15. The zero-order valence-electron chi connectivity index (χ0n) is 12.2. The molecular weight excluding hydrogens is 264 g/mol. The largest absolute Gasteiger partial charge is 0.332 e. The first-order chi connectivity index (χ1) is 9.60. The molecule has 0 aliphatic rings. The van der Waals surface area contributed by atoms with E-state index in [1.807, 2.05) is 12.1 Å². The average molecular weight is 284 g/mol. The number of aryl methyl sites for hydroxylation is 3. The molecule has 2 aromatic carbocycles. The molecular formula is C17H20N2S. The fraction of sp³-hybridized carbons (Fsp3) is 0.235. The smallest absolute Gasteiger partial charge is 0.175 e. The predicted octanol–water partition coefficient (Wildman–Crippen LogP) is 4.67. The highest BCUT2D eigenvalue weighted by atomic mass is 32.1. The van der Waals surface area contributed by atoms with Crippen molar-refractivity contribution >= 4 is 28.7 Å². The molecule has 0 amide bonds. The van der Waals surface area contributed by atoms with Gasteiger partial charge in [0.1, 0.15) is 0 Å². The molecule has 0 fully saturated rings. The molecule has 0 radical (unpaired) electrons. The van der Waals surface area contributed by atoms with E-state index in [1.165, 1.54) is 16.7 Å². The summed E-state index contributed by atoms with van der Waals surface area (Å²) in [5.41, 5.74) is 5.82. The van der Waals surface area contributed by atoms with Gasteiger partial charge < -0.3 is 10.6 Å². The van der Waals surface area contributed by atoms with Crippen LogP contribution in [0.1, 0.15) is 23.6 Å². The topological polar surface area (TPSA) is 24.1 Å². The summed E-state index contributed by atoms with van der Waals surface area (Å²) in [6.45, 7) is 6.31. The van der Waals surface area contributed by atoms with E-state index in [1.54, 1.807) is 0 Å². The Hall–Kier alpha value is -1.87. The van der Waals surface area contributed by atoms with Crippen LogP contribution in [0.15, 0.2) is 42.5 Å². The first-order valence-electron chi connectivity index (χ1n) is 6.83. The molecule has 3 heteroatoms. The van der Waals surface area contributed by atoms with Crippen molar-refractivity contribution < 1.29 is 0 Å². The molecule has 2 nitrogen and oxygen atoms in total. The maximum atomic E-state index is 5.40. The summed E-state index contributed by atoms with van der Waals surface area (Å²) in [4.78, 5) is 0. The number of rotatable bonds is 3. The minimum atomic E-state index is 0.623. The van der Waals surface area contributed by atoms with Gasteiger partial charge in [0.05, 0.1) is 0 Å². The fourth-order valence-corrected chi connectivity index (χ4v) is 2.40. The van der Waals surface area contributed by atoms with E-state index in [9.17, 15) is 0 Å². The molecule has 2 aromatic rings. The zero-order valence-corrected chi connectivity index (χ0v) is 13.0. The minimum absolute atomic E-state index is 0.623. The third-order valence-electron chi connectivity index (χ3n) is 3.28. The molecule has 0 atom stereocenters. The summed E-state index contributed by atoms with van der Waals surface area (Å²) in [5, 5.41) is 7.15. The second-order valence-electron chi connectivity index (χ2n) is 4.91. The summed E-state index contributed by atoms with van der Waals surface area (Å²) in [7, 11) is 0. The van der Waals surface area contributed by atoms with Crippen LogP contribution in [0.2, 0.25) is 0 Å². The molecule has 0 heterocycles. The van der Waals surface area contributed by atoms with Crippen molar-refractivity contribution in [1.29, 1.82) is 0 Å². The van der Waals surface area contributed by atoms with Gasteiger partial charge in [-0.15, -0.1) is 0 Å². The molecule has 2 rings (SSSR count). The number of benzene rings is 2. The van der Waals surface area contributed by atoms with Gasteiger partial charge in [0.15, 0.2) is 5.11 Å². The van der Waals surface area contributed by atoms with E-state index in [-0.39, 0.29) is 0 Å². The van der Waals surface area contributed by atoms with Crippen molar-refractivity contribution in [2.45, 2.75) is 27.2 Å². The molecule has 0 unspecified atom stereocenters. The summed E-state index contributed by atoms with van der Waals surface area (Å²) in [6.07, 6.45) is 0.981. The van der Waals surface area contributed by atoms with Crippen molar-refractivity contribution in [1.82, 2.24) is 0 Å². The standard InChI is InChI=1S/C17H20N2S/c1-4-14-7-5-6-8-16(14)19-17(20)18-15-10-9-12(2)11-13(15)3/h5-11H,4H2,1-3H3,(H2,18,19,20). The van der Waals surface area contributed by atoms with Crippen LogP contribution in [-0.4, -0.2) is 5.11 Å². The quantitative estimate of drug-likeness (QED) is 0.801. The van der Waals surface area contributed by atoms with Gasteiger partial charge in [-0.3, -0.25) is 0 Å². The maximum absolute atomic E-state index is 5.40. The highest BCUT2D eigenvalue weighted by Crippen LogP contribution is 2.18. The van der Waals surface area contributed by atoms with Crippen LogP contribution in [0.4, 0.5) is 11.4 Å². The highest BCUT2D eigenvalue weighted by molar-refractivity contribution is 7.80. The van der Waals surface area contributed by atoms with Crippen molar-refractivity contribution in [3.05, 3.63) is 59.2 Å². The Labute approximate surface area is 126 Å². The first-order valence-corrected chi connectivity index (χ1v) is 7.24. The Morgan fingerprint density at radius 1 is 1.00 bits per heavy atom. The summed E-state index contributed by atoms with van der Waals surface area (Å²) in [6, 6.07) is 14.5. The predicted molar refractivity (Wildman–Crippen MR) is 91.6 cm³/mol. The Morgan fingerprint density at radius 3 is 2.40 bits per heavy atom. The van der Waals surface area contributed by atoms with Crippen molar-refractivity contribution in [3.63, 3.8) is 0 Å². The number of para-hydroxylation sites is 1. The van der Waals surface area contributed by atoms with Crippen LogP contribution < -0.4 is 10.6 Å². The Bertz CT molecular complexity index is 620. The molecule has 20 heavy (non-hydrogen) atoms. The van der Waals surface area contributed by atoms with Gasteiger partial charge in [-0.05, 0) is 55.7 Å². The zero-order chi connectivity index (χ0) is 14.5. The summed E-state index contributed by atoms with van der Waals surface area (Å²) < 4.78 is 0. The van der Waals surface area contributed by atoms with Crippen LogP contribution in [0, 0.1) is 13.8 Å². The van der Waals surface area contributed by atoms with Gasteiger partial charge >= 0.3 is 0 Å². The molecule has 0 saturated carbocycles. The van der Waals surface area contributed by atoms with Crippen LogP contribution in [0.3, 0.4) is 0 Å². The lowest BCUT2D eigenvalue weighted by molar-refractivity contribution is 1.14. The number of thiocarbonyl (C=S) groups is 1. The van der Waals surface area contributed by atoms with Crippen molar-refractivity contribution in [2.75, 3.05) is 10.6 Å². The molecule has 0 aliphatic carbocycles. The van der Waals surface area contributed by atoms with E-state index in [4.69, 9.17) is 12.2 Å². The van der Waals surface area contributed by atoms with Crippen LogP contribution in [0.25, 0.3) is 0 Å². The molecule has 0 aromatic heterocycles. The third kappa shape index (κ3) is 3.58. The number of anilines is 2. The molecule has 0 saturated heterocycles. The van der Waals surface area contributed by atoms with Crippen molar-refractivity contribution in [2.24, 2.45) is 0 Å². The van der Waals surface area contributed by atoms with Gasteiger partial charge in [-0.1, -0.05) is 42.8 Å². The SMILES string of the molecule is CCc1ccccc1NC(=S)Nc1ccc(C)cc1C. The molecule has 104 valence electrons. The highest BCUT2D eigenvalue weighted by Gasteiger charge is 2.04. The molecule has 0 spiro atoms. The van der Waals surface area contributed by atoms with E-state index in [0.717, 1.165) is 17.8 Å². The number of nitrogens with one attached hydrogen (secondary N) is 2. The number of hydrogen-bond donors (Lipinski definition) is 2. The lowest BCUT2D eigenvalue weighted by atomic mass is 10.1. The van der Waals surface area contributed by atoms with Crippen LogP contribution in [0.5, 0.6) is 0 Å². The second-order valence-corrected chi connectivity index (χ2v) is 5.32. The minimum Gasteiger partial charge on any atom is -0.332 e. The molecule has 0 aliphatic heterocycles. The van der Waals surface area contributed by atoms with Crippen LogP contribution >= 0.6 is 12.2 Å². The van der Waals surface area contributed by atoms with Crippen LogP contribution in [-0.2, 0) is 6.42 Å². The van der Waals surface area contributed by atoms with Gasteiger partial charge in [-0.2, -0.15) is 0 Å². The summed E-state index contributed by atoms with van der Waals surface area (Å²) >= 11 is 5.40. The van der Waals surface area contributed by atoms with Crippen molar-refractivity contribution in [3.8, 4) is 0 Å². The summed E-state index contributed by atoms with van der Waals surface area (Å²) in [5.74, 6) is 0. The first kappa shape index (κ1) is 14.5. The fourth-order valence-electron chi connectivity index (χ4n) is 2.18. The lowest BCUT2D eigenvalue weighted by Crippen LogP contribution is -2.20. The molecule has 0 bridgehead atoms. The molecule has 2 N–H and O–H groups in total. The number of hydrogen-bond acceptors (Lipinski definition) is 1. The Kier molecular flexibility index (Phi) is 4.74. The maximum Gasteiger partial charge on any atom is 0.175 e. The Balaban J connectivity index is 2.09. The van der Waals surface area contributed by atoms with Gasteiger partial charge in [0, 0.05) is 11.4 Å². The van der Waals surface area contributed by atoms with E-state index in [2.05, 4.69) is 61.7 Å². The van der Waals surface area contributed by atoms with E-state index < -0.39 is 0 Å². The monoisotopic (exact) mass is 284 g/mol. The van der Waals surface area contributed by atoms with Gasteiger partial charge in [0.2, 0.25) is 0 Å². The Morgan fingerprint density at radius 2 is 1.70 bits per heavy atom. The second kappa shape index (κ2) is 6.53. The van der Waals surface area contributed by atoms with E-state index in [0.29, 0.717) is 5.11 Å². The normalized spacial score (nSPS) is 10.2. The van der Waals surface area contributed by atoms with E-state index >= 15 is 0 Å². The third-order valence-corrected chi connectivity index (χ3v) is 3.48. The average Bonchev–Trinajstić information content (AvgIpc) is 2.42.